The van der Waals surface area contributed by atoms with Crippen molar-refractivity contribution >= 4 is 11.8 Å². The van der Waals surface area contributed by atoms with Gasteiger partial charge in [-0.1, -0.05) is 42.5 Å². The lowest BCUT2D eigenvalue weighted by molar-refractivity contribution is -0.133. The van der Waals surface area contributed by atoms with Crippen molar-refractivity contribution in [2.24, 2.45) is 0 Å². The molecule has 2 aromatic rings. The number of likely N-dealkylation sites (N-methyl/N-ethyl adjacent to an activating group) is 1. The number of carbonyl (C=O) groups excluding carboxylic acids is 2. The Morgan fingerprint density at radius 3 is 2.50 bits per heavy atom. The first-order valence-corrected chi connectivity index (χ1v) is 8.28. The van der Waals surface area contributed by atoms with Crippen LogP contribution in [0.4, 0.5) is 0 Å². The number of fused-ring (bicyclic) bond motifs is 1. The van der Waals surface area contributed by atoms with Crippen molar-refractivity contribution in [1.29, 1.82) is 0 Å². The van der Waals surface area contributed by atoms with Crippen LogP contribution in [0, 0.1) is 0 Å². The molecule has 1 aliphatic rings. The summed E-state index contributed by atoms with van der Waals surface area (Å²) >= 11 is 0. The molecule has 1 N–H and O–H groups in total. The van der Waals surface area contributed by atoms with E-state index >= 15 is 0 Å². The van der Waals surface area contributed by atoms with E-state index < -0.39 is 6.04 Å². The standard InChI is InChI=1S/C20H22N2O2/c1-14(21-19(23)16-9-4-3-5-10-16)20(24)22(2)18-13-12-15-8-6-7-11-17(15)18/h3-11,14,18H,12-13H2,1-2H3,(H,21,23). The molecule has 0 fully saturated rings. The summed E-state index contributed by atoms with van der Waals surface area (Å²) in [7, 11) is 1.82. The predicted octanol–water partition coefficient (Wildman–Crippen LogP) is 2.95. The molecule has 0 heterocycles. The first-order chi connectivity index (χ1) is 11.6. The molecule has 4 nitrogen and oxygen atoms in total. The average molecular weight is 322 g/mol. The fourth-order valence-corrected chi connectivity index (χ4v) is 3.33. The maximum atomic E-state index is 12.7. The largest absolute Gasteiger partial charge is 0.341 e. The number of benzene rings is 2. The van der Waals surface area contributed by atoms with E-state index in [0.717, 1.165) is 12.8 Å². The van der Waals surface area contributed by atoms with Crippen LogP contribution < -0.4 is 5.32 Å². The maximum Gasteiger partial charge on any atom is 0.251 e. The molecule has 2 aromatic carbocycles. The third-order valence-corrected chi connectivity index (χ3v) is 4.67. The summed E-state index contributed by atoms with van der Waals surface area (Å²) in [5.74, 6) is -0.294. The molecule has 124 valence electrons. The molecule has 0 saturated heterocycles. The molecule has 1 aliphatic carbocycles. The first kappa shape index (κ1) is 16.2. The number of carbonyl (C=O) groups is 2. The van der Waals surface area contributed by atoms with Crippen LogP contribution in [0.1, 0.15) is 40.9 Å². The van der Waals surface area contributed by atoms with Gasteiger partial charge in [-0.3, -0.25) is 9.59 Å². The van der Waals surface area contributed by atoms with Crippen LogP contribution in [-0.2, 0) is 11.2 Å². The number of aryl methyl sites for hydroxylation is 1. The third-order valence-electron chi connectivity index (χ3n) is 4.67. The number of amides is 2. The highest BCUT2D eigenvalue weighted by Gasteiger charge is 2.30. The molecule has 2 amide bonds. The second kappa shape index (κ2) is 6.87. The van der Waals surface area contributed by atoms with Crippen LogP contribution in [0.15, 0.2) is 54.6 Å². The molecule has 3 rings (SSSR count). The van der Waals surface area contributed by atoms with Gasteiger partial charge in [0.15, 0.2) is 0 Å². The lowest BCUT2D eigenvalue weighted by atomic mass is 10.1. The van der Waals surface area contributed by atoms with Crippen LogP contribution in [0.5, 0.6) is 0 Å². The van der Waals surface area contributed by atoms with Gasteiger partial charge in [0, 0.05) is 12.6 Å². The molecule has 24 heavy (non-hydrogen) atoms. The van der Waals surface area contributed by atoms with Gasteiger partial charge in [-0.25, -0.2) is 0 Å². The van der Waals surface area contributed by atoms with Crippen LogP contribution in [0.3, 0.4) is 0 Å². The van der Waals surface area contributed by atoms with E-state index in [1.807, 2.05) is 37.4 Å². The lowest BCUT2D eigenvalue weighted by Crippen LogP contribution is -2.46. The minimum Gasteiger partial charge on any atom is -0.341 e. The smallest absolute Gasteiger partial charge is 0.251 e. The zero-order chi connectivity index (χ0) is 17.1. The number of nitrogens with one attached hydrogen (secondary N) is 1. The molecule has 4 heteroatoms. The minimum absolute atomic E-state index is 0.0685. The number of hydrogen-bond acceptors (Lipinski definition) is 2. The number of hydrogen-bond donors (Lipinski definition) is 1. The Hall–Kier alpha value is -2.62. The summed E-state index contributed by atoms with van der Waals surface area (Å²) < 4.78 is 0. The van der Waals surface area contributed by atoms with Gasteiger partial charge in [0.1, 0.15) is 6.04 Å². The van der Waals surface area contributed by atoms with Gasteiger partial charge in [0.05, 0.1) is 6.04 Å². The van der Waals surface area contributed by atoms with Gasteiger partial charge in [0.2, 0.25) is 5.91 Å². The molecule has 0 radical (unpaired) electrons. The lowest BCUT2D eigenvalue weighted by Gasteiger charge is -2.28. The normalized spacial score (nSPS) is 17.0. The Bertz CT molecular complexity index is 742. The Labute approximate surface area is 142 Å². The van der Waals surface area contributed by atoms with Crippen LogP contribution >= 0.6 is 0 Å². The van der Waals surface area contributed by atoms with Gasteiger partial charge in [-0.15, -0.1) is 0 Å². The quantitative estimate of drug-likeness (QED) is 0.941. The summed E-state index contributed by atoms with van der Waals surface area (Å²) in [4.78, 5) is 26.7. The monoisotopic (exact) mass is 322 g/mol. The molecule has 2 unspecified atom stereocenters. The van der Waals surface area contributed by atoms with Crippen molar-refractivity contribution in [3.8, 4) is 0 Å². The highest BCUT2D eigenvalue weighted by Crippen LogP contribution is 2.34. The van der Waals surface area contributed by atoms with Crippen molar-refractivity contribution in [3.63, 3.8) is 0 Å². The Morgan fingerprint density at radius 1 is 1.08 bits per heavy atom. The summed E-state index contributed by atoms with van der Waals surface area (Å²) in [5.41, 5.74) is 3.09. The van der Waals surface area contributed by atoms with Gasteiger partial charge in [-0.2, -0.15) is 0 Å². The van der Waals surface area contributed by atoms with Crippen molar-refractivity contribution in [1.82, 2.24) is 10.2 Å². The maximum absolute atomic E-state index is 12.7. The fraction of sp³-hybridized carbons (Fsp3) is 0.300. The first-order valence-electron chi connectivity index (χ1n) is 8.28. The summed E-state index contributed by atoms with van der Waals surface area (Å²) in [6, 6.07) is 16.7. The SMILES string of the molecule is CC(NC(=O)c1ccccc1)C(=O)N(C)C1CCc2ccccc21. The van der Waals surface area contributed by atoms with Gasteiger partial charge in [0.25, 0.3) is 5.91 Å². The molecule has 0 aliphatic heterocycles. The average Bonchev–Trinajstić information content (AvgIpc) is 3.05. The molecular formula is C20H22N2O2. The predicted molar refractivity (Wildman–Crippen MR) is 93.6 cm³/mol. The van der Waals surface area contributed by atoms with Crippen molar-refractivity contribution in [2.75, 3.05) is 7.05 Å². The highest BCUT2D eigenvalue weighted by molar-refractivity contribution is 5.97. The second-order valence-corrected chi connectivity index (χ2v) is 6.26. The number of rotatable bonds is 4. The number of nitrogens with zero attached hydrogens (tertiary/aromatic N) is 1. The van der Waals surface area contributed by atoms with E-state index in [9.17, 15) is 9.59 Å². The minimum atomic E-state index is -0.560. The molecule has 0 bridgehead atoms. The molecule has 0 aromatic heterocycles. The summed E-state index contributed by atoms with van der Waals surface area (Å²) in [5, 5.41) is 2.79. The van der Waals surface area contributed by atoms with E-state index in [1.54, 1.807) is 24.0 Å². The zero-order valence-corrected chi connectivity index (χ0v) is 14.0. The van der Waals surface area contributed by atoms with E-state index in [4.69, 9.17) is 0 Å². The van der Waals surface area contributed by atoms with E-state index in [2.05, 4.69) is 17.4 Å². The summed E-state index contributed by atoms with van der Waals surface area (Å²) in [6.07, 6.45) is 1.92. The molecular weight excluding hydrogens is 300 g/mol. The molecule has 2 atom stereocenters. The topological polar surface area (TPSA) is 49.4 Å². The zero-order valence-electron chi connectivity index (χ0n) is 14.0. The van der Waals surface area contributed by atoms with Crippen LogP contribution in [0.25, 0.3) is 0 Å². The van der Waals surface area contributed by atoms with E-state index in [0.29, 0.717) is 5.56 Å². The Balaban J connectivity index is 1.67. The van der Waals surface area contributed by atoms with E-state index in [1.165, 1.54) is 11.1 Å². The van der Waals surface area contributed by atoms with Gasteiger partial charge < -0.3 is 10.2 Å². The second-order valence-electron chi connectivity index (χ2n) is 6.26. The Kier molecular flexibility index (Phi) is 4.65. The van der Waals surface area contributed by atoms with Crippen molar-refractivity contribution < 1.29 is 9.59 Å². The third kappa shape index (κ3) is 3.18. The van der Waals surface area contributed by atoms with Crippen molar-refractivity contribution in [2.45, 2.75) is 31.8 Å². The molecule has 0 saturated carbocycles. The van der Waals surface area contributed by atoms with Gasteiger partial charge in [-0.05, 0) is 43.0 Å². The summed E-state index contributed by atoms with van der Waals surface area (Å²) in [6.45, 7) is 1.74. The highest BCUT2D eigenvalue weighted by atomic mass is 16.2. The Morgan fingerprint density at radius 2 is 1.75 bits per heavy atom. The molecule has 0 spiro atoms. The fourth-order valence-electron chi connectivity index (χ4n) is 3.33. The van der Waals surface area contributed by atoms with Crippen LogP contribution in [0.2, 0.25) is 0 Å². The van der Waals surface area contributed by atoms with Crippen molar-refractivity contribution in [3.05, 3.63) is 71.3 Å². The van der Waals surface area contributed by atoms with Crippen LogP contribution in [-0.4, -0.2) is 29.8 Å². The van der Waals surface area contributed by atoms with E-state index in [-0.39, 0.29) is 17.9 Å². The van der Waals surface area contributed by atoms with Gasteiger partial charge >= 0.3 is 0 Å².